The number of aliphatic hydroxyl groups is 2. The maximum Gasteiger partial charge on any atom is 0.416 e. The third-order valence-electron chi connectivity index (χ3n) is 11.4. The quantitative estimate of drug-likeness (QED) is 0.471. The molecular weight excluding hydrogens is 413 g/mol. The molecule has 4 aliphatic carbocycles. The van der Waals surface area contributed by atoms with Crippen molar-refractivity contribution >= 4 is 0 Å². The van der Waals surface area contributed by atoms with E-state index in [9.17, 15) is 23.4 Å². The molecule has 2 N–H and O–H groups in total. The molecule has 0 bridgehead atoms. The summed E-state index contributed by atoms with van der Waals surface area (Å²) < 4.78 is 39.4. The Kier molecular flexibility index (Phi) is 6.10. The molecule has 186 valence electrons. The van der Waals surface area contributed by atoms with Crippen molar-refractivity contribution < 1.29 is 23.4 Å². The van der Waals surface area contributed by atoms with Crippen molar-refractivity contribution in [3.8, 4) is 0 Å². The molecule has 4 fully saturated rings. The van der Waals surface area contributed by atoms with Gasteiger partial charge < -0.3 is 10.2 Å². The van der Waals surface area contributed by atoms with Gasteiger partial charge in [0.2, 0.25) is 0 Å². The number of halogens is 3. The van der Waals surface area contributed by atoms with E-state index in [0.717, 1.165) is 44.4 Å². The van der Waals surface area contributed by atoms with Crippen molar-refractivity contribution in [1.29, 1.82) is 0 Å². The zero-order valence-electron chi connectivity index (χ0n) is 20.8. The standard InChI is InChI=1S/C27H45F3O2/c1-17(10-13-26(5,32)27(28,29)30)20-8-9-21-19-7-6-18-16-23(2,31)14-15-24(18,3)22(19)11-12-25(20,21)4/h17-22,31-32H,6-16H2,1-5H3/t17-,18+,19?,20-,21+,22+,23+,24+,25-,26?/m1/s1. The van der Waals surface area contributed by atoms with Crippen LogP contribution in [0.2, 0.25) is 0 Å². The summed E-state index contributed by atoms with van der Waals surface area (Å²) >= 11 is 0. The summed E-state index contributed by atoms with van der Waals surface area (Å²) in [5.41, 5.74) is -2.55. The van der Waals surface area contributed by atoms with Gasteiger partial charge >= 0.3 is 6.18 Å². The molecule has 0 spiro atoms. The summed E-state index contributed by atoms with van der Waals surface area (Å²) in [7, 11) is 0. The molecule has 0 radical (unpaired) electrons. The van der Waals surface area contributed by atoms with Gasteiger partial charge in [0.25, 0.3) is 0 Å². The first kappa shape index (κ1) is 24.8. The first-order chi connectivity index (χ1) is 14.6. The number of hydrogen-bond acceptors (Lipinski definition) is 2. The minimum absolute atomic E-state index is 0.201. The van der Waals surface area contributed by atoms with Crippen molar-refractivity contribution in [2.75, 3.05) is 0 Å². The van der Waals surface area contributed by atoms with Crippen LogP contribution >= 0.6 is 0 Å². The predicted octanol–water partition coefficient (Wildman–Crippen LogP) is 7.13. The van der Waals surface area contributed by atoms with Crippen LogP contribution in [-0.2, 0) is 0 Å². The Balaban J connectivity index is 1.46. The van der Waals surface area contributed by atoms with E-state index in [-0.39, 0.29) is 17.8 Å². The lowest BCUT2D eigenvalue weighted by Crippen LogP contribution is -2.55. The molecule has 10 atom stereocenters. The molecule has 0 aromatic carbocycles. The molecule has 0 aromatic rings. The van der Waals surface area contributed by atoms with Gasteiger partial charge in [0.05, 0.1) is 5.60 Å². The number of fused-ring (bicyclic) bond motifs is 5. The second-order valence-corrected chi connectivity index (χ2v) is 13.4. The summed E-state index contributed by atoms with van der Waals surface area (Å²) in [5.74, 6) is 3.42. The highest BCUT2D eigenvalue weighted by molar-refractivity contribution is 5.10. The van der Waals surface area contributed by atoms with Crippen LogP contribution in [0.1, 0.15) is 105 Å². The predicted molar refractivity (Wildman–Crippen MR) is 121 cm³/mol. The Morgan fingerprint density at radius 2 is 1.56 bits per heavy atom. The summed E-state index contributed by atoms with van der Waals surface area (Å²) in [4.78, 5) is 0. The van der Waals surface area contributed by atoms with Gasteiger partial charge in [-0.25, -0.2) is 0 Å². The highest BCUT2D eigenvalue weighted by Crippen LogP contribution is 2.69. The monoisotopic (exact) mass is 458 g/mol. The fourth-order valence-corrected chi connectivity index (χ4v) is 9.26. The molecule has 0 aromatic heterocycles. The summed E-state index contributed by atoms with van der Waals surface area (Å²) in [5, 5.41) is 20.6. The fraction of sp³-hybridized carbons (Fsp3) is 1.00. The van der Waals surface area contributed by atoms with Gasteiger partial charge in [-0.1, -0.05) is 20.8 Å². The van der Waals surface area contributed by atoms with E-state index in [4.69, 9.17) is 0 Å². The Labute approximate surface area is 192 Å². The van der Waals surface area contributed by atoms with E-state index in [1.807, 2.05) is 6.92 Å². The van der Waals surface area contributed by atoms with Crippen LogP contribution in [0.5, 0.6) is 0 Å². The first-order valence-electron chi connectivity index (χ1n) is 13.1. The highest BCUT2D eigenvalue weighted by Gasteiger charge is 2.61. The minimum Gasteiger partial charge on any atom is -0.390 e. The highest BCUT2D eigenvalue weighted by atomic mass is 19.4. The SMILES string of the molecule is C[C@H](CCC(C)(O)C(F)(F)F)[C@H]1CC[C@H]2C3CC[C@H]4C[C@@](C)(O)CC[C@]4(C)[C@H]3CC[C@]12C. The molecular formula is C27H45F3O2. The van der Waals surface area contributed by atoms with Gasteiger partial charge in [-0.05, 0) is 131 Å². The van der Waals surface area contributed by atoms with Gasteiger partial charge in [-0.3, -0.25) is 0 Å². The molecule has 2 unspecified atom stereocenters. The van der Waals surface area contributed by atoms with E-state index in [2.05, 4.69) is 20.8 Å². The van der Waals surface area contributed by atoms with E-state index in [1.165, 1.54) is 32.1 Å². The fourth-order valence-electron chi connectivity index (χ4n) is 9.26. The summed E-state index contributed by atoms with van der Waals surface area (Å²) in [6, 6.07) is 0. The molecule has 0 heterocycles. The molecule has 4 aliphatic rings. The third-order valence-corrected chi connectivity index (χ3v) is 11.4. The van der Waals surface area contributed by atoms with Crippen molar-refractivity contribution in [2.45, 2.75) is 123 Å². The lowest BCUT2D eigenvalue weighted by molar-refractivity contribution is -0.256. The normalized spacial score (nSPS) is 49.5. The Morgan fingerprint density at radius 1 is 0.906 bits per heavy atom. The average molecular weight is 459 g/mol. The lowest BCUT2D eigenvalue weighted by Gasteiger charge is -2.62. The molecule has 5 heteroatoms. The van der Waals surface area contributed by atoms with E-state index in [0.29, 0.717) is 29.6 Å². The maximum atomic E-state index is 13.1. The smallest absolute Gasteiger partial charge is 0.390 e. The topological polar surface area (TPSA) is 40.5 Å². The van der Waals surface area contributed by atoms with Crippen LogP contribution in [0, 0.1) is 46.3 Å². The third kappa shape index (κ3) is 3.95. The molecule has 2 nitrogen and oxygen atoms in total. The summed E-state index contributed by atoms with van der Waals surface area (Å²) in [6.07, 6.45) is 5.85. The second kappa shape index (κ2) is 7.86. The largest absolute Gasteiger partial charge is 0.416 e. The van der Waals surface area contributed by atoms with Crippen molar-refractivity contribution in [2.24, 2.45) is 46.3 Å². The molecule has 0 saturated heterocycles. The van der Waals surface area contributed by atoms with E-state index >= 15 is 0 Å². The van der Waals surface area contributed by atoms with Crippen LogP contribution in [0.15, 0.2) is 0 Å². The van der Waals surface area contributed by atoms with Crippen LogP contribution < -0.4 is 0 Å². The van der Waals surface area contributed by atoms with Gasteiger partial charge in [0, 0.05) is 0 Å². The Hall–Kier alpha value is -0.290. The maximum absolute atomic E-state index is 13.1. The molecule has 32 heavy (non-hydrogen) atoms. The van der Waals surface area contributed by atoms with Gasteiger partial charge in [-0.15, -0.1) is 0 Å². The lowest BCUT2D eigenvalue weighted by atomic mass is 9.43. The van der Waals surface area contributed by atoms with Crippen LogP contribution in [0.3, 0.4) is 0 Å². The minimum atomic E-state index is -4.56. The Morgan fingerprint density at radius 3 is 2.22 bits per heavy atom. The summed E-state index contributed by atoms with van der Waals surface area (Å²) in [6.45, 7) is 9.99. The van der Waals surface area contributed by atoms with E-state index < -0.39 is 17.4 Å². The number of hydrogen-bond donors (Lipinski definition) is 2. The van der Waals surface area contributed by atoms with Gasteiger partial charge in [0.1, 0.15) is 0 Å². The molecule has 4 rings (SSSR count). The van der Waals surface area contributed by atoms with E-state index in [1.54, 1.807) is 0 Å². The number of rotatable bonds is 4. The second-order valence-electron chi connectivity index (χ2n) is 13.4. The van der Waals surface area contributed by atoms with Gasteiger partial charge in [0.15, 0.2) is 5.60 Å². The van der Waals surface area contributed by atoms with Crippen molar-refractivity contribution in [1.82, 2.24) is 0 Å². The zero-order valence-corrected chi connectivity index (χ0v) is 20.8. The Bertz CT molecular complexity index is 702. The first-order valence-corrected chi connectivity index (χ1v) is 13.1. The van der Waals surface area contributed by atoms with Crippen molar-refractivity contribution in [3.05, 3.63) is 0 Å². The molecule has 0 amide bonds. The number of alkyl halides is 3. The van der Waals surface area contributed by atoms with Crippen molar-refractivity contribution in [3.63, 3.8) is 0 Å². The van der Waals surface area contributed by atoms with Gasteiger partial charge in [-0.2, -0.15) is 13.2 Å². The van der Waals surface area contributed by atoms with Crippen LogP contribution in [-0.4, -0.2) is 27.6 Å². The molecule has 0 aliphatic heterocycles. The zero-order chi connectivity index (χ0) is 23.7. The molecule has 4 saturated carbocycles. The average Bonchev–Trinajstić information content (AvgIpc) is 3.03. The van der Waals surface area contributed by atoms with Crippen LogP contribution in [0.25, 0.3) is 0 Å². The van der Waals surface area contributed by atoms with Crippen LogP contribution in [0.4, 0.5) is 13.2 Å².